The molecule has 0 radical (unpaired) electrons. The summed E-state index contributed by atoms with van der Waals surface area (Å²) in [5.41, 5.74) is 0.757. The number of ketones is 1. The fraction of sp³-hybridized carbons (Fsp3) is 0.133. The van der Waals surface area contributed by atoms with Crippen molar-refractivity contribution in [3.05, 3.63) is 53.3 Å². The zero-order chi connectivity index (χ0) is 14.7. The Balaban J connectivity index is 2.08. The van der Waals surface area contributed by atoms with Crippen LogP contribution in [0, 0.1) is 12.7 Å². The van der Waals surface area contributed by atoms with E-state index in [1.165, 1.54) is 24.3 Å². The van der Waals surface area contributed by atoms with Crippen LogP contribution in [-0.2, 0) is 0 Å². The number of Topliss-reactive ketones (excluding diaryl/α,β-unsaturated/α-hetero) is 1. The van der Waals surface area contributed by atoms with Crippen molar-refractivity contribution in [2.75, 3.05) is 6.61 Å². The molecule has 0 heterocycles. The molecule has 0 aliphatic carbocycles. The number of carbonyl (C=O) groups is 1. The van der Waals surface area contributed by atoms with Crippen molar-refractivity contribution in [1.29, 1.82) is 0 Å². The van der Waals surface area contributed by atoms with Crippen molar-refractivity contribution in [2.45, 2.75) is 6.92 Å². The maximum atomic E-state index is 13.5. The van der Waals surface area contributed by atoms with Gasteiger partial charge in [-0.2, -0.15) is 0 Å². The maximum absolute atomic E-state index is 13.5. The van der Waals surface area contributed by atoms with Crippen molar-refractivity contribution in [1.82, 2.24) is 0 Å². The number of phenolic OH excluding ortho intramolecular Hbond substituents is 2. The second-order valence-electron chi connectivity index (χ2n) is 4.35. The van der Waals surface area contributed by atoms with Gasteiger partial charge in [-0.3, -0.25) is 4.79 Å². The average Bonchev–Trinajstić information content (AvgIpc) is 2.37. The normalized spacial score (nSPS) is 10.3. The van der Waals surface area contributed by atoms with Gasteiger partial charge in [-0.25, -0.2) is 4.39 Å². The number of hydrogen-bond donors (Lipinski definition) is 2. The molecule has 2 rings (SSSR count). The zero-order valence-corrected chi connectivity index (χ0v) is 10.8. The summed E-state index contributed by atoms with van der Waals surface area (Å²) in [6.07, 6.45) is 0. The fourth-order valence-corrected chi connectivity index (χ4v) is 1.70. The molecule has 0 fully saturated rings. The van der Waals surface area contributed by atoms with Gasteiger partial charge < -0.3 is 14.9 Å². The van der Waals surface area contributed by atoms with Gasteiger partial charge in [-0.05, 0) is 36.8 Å². The molecule has 4 nitrogen and oxygen atoms in total. The van der Waals surface area contributed by atoms with Crippen LogP contribution < -0.4 is 4.74 Å². The van der Waals surface area contributed by atoms with Crippen molar-refractivity contribution >= 4 is 5.78 Å². The lowest BCUT2D eigenvalue weighted by molar-refractivity contribution is 0.0916. The van der Waals surface area contributed by atoms with Crippen LogP contribution in [0.4, 0.5) is 4.39 Å². The quantitative estimate of drug-likeness (QED) is 0.843. The number of hydrogen-bond acceptors (Lipinski definition) is 4. The molecule has 2 aromatic rings. The predicted octanol–water partition coefficient (Wildman–Crippen LogP) is 2.81. The van der Waals surface area contributed by atoms with E-state index < -0.39 is 18.2 Å². The van der Waals surface area contributed by atoms with Gasteiger partial charge in [0.15, 0.2) is 18.2 Å². The van der Waals surface area contributed by atoms with E-state index >= 15 is 0 Å². The monoisotopic (exact) mass is 276 g/mol. The van der Waals surface area contributed by atoms with E-state index in [1.807, 2.05) is 0 Å². The van der Waals surface area contributed by atoms with Gasteiger partial charge in [-0.15, -0.1) is 0 Å². The highest BCUT2D eigenvalue weighted by atomic mass is 19.1. The molecule has 0 saturated heterocycles. The molecule has 0 amide bonds. The number of aromatic hydroxyl groups is 2. The Hall–Kier alpha value is -2.56. The highest BCUT2D eigenvalue weighted by molar-refractivity contribution is 5.99. The SMILES string of the molecule is Cc1ccc(OCC(=O)c2ccc(O)cc2O)c(F)c1. The molecule has 2 aromatic carbocycles. The number of aryl methyl sites for hydroxylation is 1. The van der Waals surface area contributed by atoms with E-state index in [4.69, 9.17) is 9.84 Å². The third kappa shape index (κ3) is 3.06. The van der Waals surface area contributed by atoms with Crippen LogP contribution in [0.25, 0.3) is 0 Å². The number of benzene rings is 2. The Kier molecular flexibility index (Phi) is 3.89. The number of ether oxygens (including phenoxy) is 1. The third-order valence-corrected chi connectivity index (χ3v) is 2.73. The lowest BCUT2D eigenvalue weighted by Gasteiger charge is -2.08. The smallest absolute Gasteiger partial charge is 0.203 e. The Morgan fingerprint density at radius 3 is 2.60 bits per heavy atom. The summed E-state index contributed by atoms with van der Waals surface area (Å²) in [5.74, 6) is -1.58. The molecule has 104 valence electrons. The fourth-order valence-electron chi connectivity index (χ4n) is 1.70. The molecular weight excluding hydrogens is 263 g/mol. The molecule has 0 unspecified atom stereocenters. The van der Waals surface area contributed by atoms with Crippen LogP contribution in [0.1, 0.15) is 15.9 Å². The van der Waals surface area contributed by atoms with Crippen LogP contribution in [0.3, 0.4) is 0 Å². The maximum Gasteiger partial charge on any atom is 0.203 e. The highest BCUT2D eigenvalue weighted by Crippen LogP contribution is 2.24. The first-order chi connectivity index (χ1) is 9.47. The zero-order valence-electron chi connectivity index (χ0n) is 10.8. The van der Waals surface area contributed by atoms with Crippen LogP contribution >= 0.6 is 0 Å². The summed E-state index contributed by atoms with van der Waals surface area (Å²) in [5, 5.41) is 18.7. The second kappa shape index (κ2) is 5.61. The van der Waals surface area contributed by atoms with Crippen LogP contribution in [0.2, 0.25) is 0 Å². The number of phenols is 2. The van der Waals surface area contributed by atoms with Gasteiger partial charge in [0.1, 0.15) is 11.5 Å². The number of carbonyl (C=O) groups excluding carboxylic acids is 1. The first-order valence-corrected chi connectivity index (χ1v) is 5.91. The summed E-state index contributed by atoms with van der Waals surface area (Å²) >= 11 is 0. The molecule has 5 heteroatoms. The Labute approximate surface area is 115 Å². The first kappa shape index (κ1) is 13.9. The van der Waals surface area contributed by atoms with E-state index in [2.05, 4.69) is 0 Å². The van der Waals surface area contributed by atoms with E-state index in [0.29, 0.717) is 0 Å². The Morgan fingerprint density at radius 2 is 1.95 bits per heavy atom. The van der Waals surface area contributed by atoms with Gasteiger partial charge in [0.25, 0.3) is 0 Å². The average molecular weight is 276 g/mol. The lowest BCUT2D eigenvalue weighted by atomic mass is 10.1. The molecule has 0 saturated carbocycles. The van der Waals surface area contributed by atoms with E-state index in [1.54, 1.807) is 13.0 Å². The molecule has 20 heavy (non-hydrogen) atoms. The van der Waals surface area contributed by atoms with Crippen molar-refractivity contribution < 1.29 is 24.1 Å². The minimum absolute atomic E-state index is 0.00956. The summed E-state index contributed by atoms with van der Waals surface area (Å²) in [6, 6.07) is 8.02. The Bertz CT molecular complexity index is 652. The minimum Gasteiger partial charge on any atom is -0.508 e. The molecule has 0 aliphatic rings. The first-order valence-electron chi connectivity index (χ1n) is 5.91. The van der Waals surface area contributed by atoms with Gasteiger partial charge in [0, 0.05) is 6.07 Å². The van der Waals surface area contributed by atoms with Crippen molar-refractivity contribution in [3.8, 4) is 17.2 Å². The van der Waals surface area contributed by atoms with E-state index in [9.17, 15) is 14.3 Å². The molecule has 2 N–H and O–H groups in total. The summed E-state index contributed by atoms with van der Waals surface area (Å²) in [4.78, 5) is 11.8. The third-order valence-electron chi connectivity index (χ3n) is 2.73. The topological polar surface area (TPSA) is 66.8 Å². The molecule has 0 atom stereocenters. The predicted molar refractivity (Wildman–Crippen MR) is 70.7 cm³/mol. The van der Waals surface area contributed by atoms with Crippen molar-refractivity contribution in [2.24, 2.45) is 0 Å². The largest absolute Gasteiger partial charge is 0.508 e. The summed E-state index contributed by atoms with van der Waals surface area (Å²) < 4.78 is 18.6. The van der Waals surface area contributed by atoms with Crippen LogP contribution in [0.15, 0.2) is 36.4 Å². The molecule has 0 aliphatic heterocycles. The van der Waals surface area contributed by atoms with Gasteiger partial charge in [0.05, 0.1) is 5.56 Å². The molecule has 0 spiro atoms. The summed E-state index contributed by atoms with van der Waals surface area (Å²) in [6.45, 7) is 1.34. The minimum atomic E-state index is -0.548. The van der Waals surface area contributed by atoms with Gasteiger partial charge in [0.2, 0.25) is 5.78 Å². The summed E-state index contributed by atoms with van der Waals surface area (Å²) in [7, 11) is 0. The molecular formula is C15H13FO4. The second-order valence-corrected chi connectivity index (χ2v) is 4.35. The molecule has 0 bridgehead atoms. The van der Waals surface area contributed by atoms with E-state index in [-0.39, 0.29) is 22.8 Å². The van der Waals surface area contributed by atoms with Gasteiger partial charge >= 0.3 is 0 Å². The van der Waals surface area contributed by atoms with Crippen LogP contribution in [-0.4, -0.2) is 22.6 Å². The van der Waals surface area contributed by atoms with Gasteiger partial charge in [-0.1, -0.05) is 6.07 Å². The van der Waals surface area contributed by atoms with Crippen molar-refractivity contribution in [3.63, 3.8) is 0 Å². The van der Waals surface area contributed by atoms with Crippen LogP contribution in [0.5, 0.6) is 17.2 Å². The number of rotatable bonds is 4. The number of halogens is 1. The standard InChI is InChI=1S/C15H13FO4/c1-9-2-5-15(12(16)6-9)20-8-14(19)11-4-3-10(17)7-13(11)18/h2-7,17-18H,8H2,1H3. The van der Waals surface area contributed by atoms with E-state index in [0.717, 1.165) is 11.6 Å². The highest BCUT2D eigenvalue weighted by Gasteiger charge is 2.13. The lowest BCUT2D eigenvalue weighted by Crippen LogP contribution is -2.12. The molecule has 0 aromatic heterocycles. The Morgan fingerprint density at radius 1 is 1.20 bits per heavy atom.